The molecule has 3 heterocycles. The summed E-state index contributed by atoms with van der Waals surface area (Å²) in [7, 11) is 0. The summed E-state index contributed by atoms with van der Waals surface area (Å²) in [6, 6.07) is 3.61. The van der Waals surface area contributed by atoms with Crippen LogP contribution in [-0.4, -0.2) is 31.4 Å². The molecule has 9 heteroatoms. The summed E-state index contributed by atoms with van der Waals surface area (Å²) in [5, 5.41) is 14.7. The van der Waals surface area contributed by atoms with E-state index < -0.39 is 0 Å². The molecule has 0 fully saturated rings. The second-order valence-corrected chi connectivity index (χ2v) is 9.97. The maximum Gasteiger partial charge on any atom is 0.236 e. The maximum absolute atomic E-state index is 12.3. The quantitative estimate of drug-likeness (QED) is 0.488. The topological polar surface area (TPSA) is 72.7 Å². The number of amides is 1. The number of hydrogen-bond donors (Lipinski definition) is 1. The Bertz CT molecular complexity index is 1010. The van der Waals surface area contributed by atoms with Crippen molar-refractivity contribution in [2.45, 2.75) is 44.8 Å². The number of rotatable bonds is 6. The molecule has 29 heavy (non-hydrogen) atoms. The van der Waals surface area contributed by atoms with Gasteiger partial charge in [0.1, 0.15) is 5.82 Å². The molecule has 152 valence electrons. The fourth-order valence-electron chi connectivity index (χ4n) is 3.50. The highest BCUT2D eigenvalue weighted by Crippen LogP contribution is 2.38. The van der Waals surface area contributed by atoms with E-state index in [1.165, 1.54) is 34.2 Å². The molecule has 1 atom stereocenters. The largest absolute Gasteiger partial charge is 0.310 e. The number of halogens is 1. The summed E-state index contributed by atoms with van der Waals surface area (Å²) >= 11 is 6.58. The fraction of sp³-hybridized carbons (Fsp3) is 0.400. The third-order valence-electron chi connectivity index (χ3n) is 5.00. The van der Waals surface area contributed by atoms with Gasteiger partial charge in [0.25, 0.3) is 0 Å². The predicted octanol–water partition coefficient (Wildman–Crippen LogP) is 5.04. The summed E-state index contributed by atoms with van der Waals surface area (Å²) in [4.78, 5) is 17.9. The molecule has 3 aromatic rings. The molecule has 0 aromatic carbocycles. The second kappa shape index (κ2) is 8.97. The number of thioether (sulfide) groups is 1. The van der Waals surface area contributed by atoms with Crippen molar-refractivity contribution in [3.8, 4) is 11.4 Å². The standard InChI is InChI=1S/C20H22BrN5OS2/c1-3-26-19(15-10-28-16-8-12(2)4-6-14(15)16)24-25-20(26)29-11-18(27)23-17-7-5-13(21)9-22-17/h5,7,9-10,12H,3-4,6,8,11H2,1-2H3,(H,22,23,27). The molecule has 0 saturated carbocycles. The average molecular weight is 492 g/mol. The first-order chi connectivity index (χ1) is 14.0. The van der Waals surface area contributed by atoms with Crippen LogP contribution in [0.4, 0.5) is 5.82 Å². The number of nitrogens with zero attached hydrogens (tertiary/aromatic N) is 4. The average Bonchev–Trinajstić information content (AvgIpc) is 3.30. The first-order valence-corrected chi connectivity index (χ1v) is 12.3. The number of pyridine rings is 1. The Balaban J connectivity index is 1.47. The molecule has 3 aromatic heterocycles. The molecule has 4 rings (SSSR count). The second-order valence-electron chi connectivity index (χ2n) is 7.15. The molecule has 1 aliphatic rings. The zero-order valence-electron chi connectivity index (χ0n) is 16.3. The molecule has 0 bridgehead atoms. The first kappa shape index (κ1) is 20.6. The predicted molar refractivity (Wildman–Crippen MR) is 121 cm³/mol. The number of hydrogen-bond acceptors (Lipinski definition) is 6. The van der Waals surface area contributed by atoms with Gasteiger partial charge >= 0.3 is 0 Å². The van der Waals surface area contributed by atoms with Gasteiger partial charge in [-0.1, -0.05) is 18.7 Å². The zero-order chi connectivity index (χ0) is 20.4. The summed E-state index contributed by atoms with van der Waals surface area (Å²) in [5.41, 5.74) is 2.65. The van der Waals surface area contributed by atoms with Crippen LogP contribution in [0.3, 0.4) is 0 Å². The van der Waals surface area contributed by atoms with Crippen LogP contribution in [0.15, 0.2) is 33.3 Å². The van der Waals surface area contributed by atoms with Crippen LogP contribution in [0.1, 0.15) is 30.7 Å². The van der Waals surface area contributed by atoms with Crippen molar-refractivity contribution < 1.29 is 4.79 Å². The molecule has 0 saturated heterocycles. The molecular weight excluding hydrogens is 470 g/mol. The maximum atomic E-state index is 12.3. The molecule has 0 aliphatic heterocycles. The van der Waals surface area contributed by atoms with E-state index in [9.17, 15) is 4.79 Å². The molecule has 1 N–H and O–H groups in total. The van der Waals surface area contributed by atoms with Crippen LogP contribution in [0.5, 0.6) is 0 Å². The van der Waals surface area contributed by atoms with Gasteiger partial charge < -0.3 is 9.88 Å². The Morgan fingerprint density at radius 2 is 2.28 bits per heavy atom. The van der Waals surface area contributed by atoms with E-state index in [0.29, 0.717) is 5.82 Å². The minimum Gasteiger partial charge on any atom is -0.310 e. The van der Waals surface area contributed by atoms with Crippen molar-refractivity contribution >= 4 is 50.8 Å². The van der Waals surface area contributed by atoms with Gasteiger partial charge in [0.05, 0.1) is 5.75 Å². The van der Waals surface area contributed by atoms with Gasteiger partial charge in [-0.15, -0.1) is 21.5 Å². The van der Waals surface area contributed by atoms with Gasteiger partial charge in [-0.05, 0) is 65.7 Å². The lowest BCUT2D eigenvalue weighted by molar-refractivity contribution is -0.113. The van der Waals surface area contributed by atoms with Crippen LogP contribution < -0.4 is 5.32 Å². The summed E-state index contributed by atoms with van der Waals surface area (Å²) in [6.45, 7) is 5.17. The van der Waals surface area contributed by atoms with E-state index in [1.807, 2.05) is 17.4 Å². The van der Waals surface area contributed by atoms with Gasteiger partial charge in [0.15, 0.2) is 11.0 Å². The van der Waals surface area contributed by atoms with Crippen LogP contribution in [0.2, 0.25) is 0 Å². The summed E-state index contributed by atoms with van der Waals surface area (Å²) < 4.78 is 2.98. The van der Waals surface area contributed by atoms with E-state index in [2.05, 4.69) is 60.2 Å². The van der Waals surface area contributed by atoms with Crippen LogP contribution >= 0.6 is 39.0 Å². The van der Waals surface area contributed by atoms with Crippen molar-refractivity contribution in [1.82, 2.24) is 19.7 Å². The van der Waals surface area contributed by atoms with Crippen LogP contribution in [0, 0.1) is 5.92 Å². The highest BCUT2D eigenvalue weighted by Gasteiger charge is 2.24. The number of aromatic nitrogens is 4. The number of fused-ring (bicyclic) bond motifs is 1. The number of carbonyl (C=O) groups excluding carboxylic acids is 1. The lowest BCUT2D eigenvalue weighted by Gasteiger charge is -2.19. The van der Waals surface area contributed by atoms with Crippen molar-refractivity contribution in [3.05, 3.63) is 38.6 Å². The highest BCUT2D eigenvalue weighted by molar-refractivity contribution is 9.10. The monoisotopic (exact) mass is 491 g/mol. The zero-order valence-corrected chi connectivity index (χ0v) is 19.5. The van der Waals surface area contributed by atoms with Gasteiger partial charge in [0.2, 0.25) is 5.91 Å². The van der Waals surface area contributed by atoms with Crippen molar-refractivity contribution in [2.75, 3.05) is 11.1 Å². The number of anilines is 1. The lowest BCUT2D eigenvalue weighted by atomic mass is 9.88. The molecule has 1 aliphatic carbocycles. The van der Waals surface area contributed by atoms with E-state index in [1.54, 1.807) is 12.3 Å². The Labute approximate surface area is 186 Å². The SMILES string of the molecule is CCn1c(SCC(=O)Nc2ccc(Br)cn2)nnc1-c1csc2c1CCC(C)C2. The third kappa shape index (κ3) is 4.57. The third-order valence-corrected chi connectivity index (χ3v) is 7.49. The Morgan fingerprint density at radius 1 is 1.41 bits per heavy atom. The van der Waals surface area contributed by atoms with Crippen LogP contribution in [0.25, 0.3) is 11.4 Å². The Morgan fingerprint density at radius 3 is 3.03 bits per heavy atom. The first-order valence-electron chi connectivity index (χ1n) is 9.62. The van der Waals surface area contributed by atoms with Gasteiger partial charge in [-0.3, -0.25) is 4.79 Å². The highest BCUT2D eigenvalue weighted by atomic mass is 79.9. The Hall–Kier alpha value is -1.71. The fourth-order valence-corrected chi connectivity index (χ4v) is 5.78. The molecule has 6 nitrogen and oxygen atoms in total. The minimum absolute atomic E-state index is 0.112. The molecule has 0 spiro atoms. The smallest absolute Gasteiger partial charge is 0.236 e. The van der Waals surface area contributed by atoms with Crippen LogP contribution in [-0.2, 0) is 24.2 Å². The van der Waals surface area contributed by atoms with Crippen molar-refractivity contribution in [2.24, 2.45) is 5.92 Å². The number of thiophene rings is 1. The van der Waals surface area contributed by atoms with Crippen molar-refractivity contribution in [1.29, 1.82) is 0 Å². The van der Waals surface area contributed by atoms with Gasteiger partial charge in [-0.2, -0.15) is 0 Å². The molecular formula is C20H22BrN5OS2. The van der Waals surface area contributed by atoms with E-state index in [0.717, 1.165) is 40.8 Å². The minimum atomic E-state index is -0.112. The van der Waals surface area contributed by atoms with Crippen molar-refractivity contribution in [3.63, 3.8) is 0 Å². The van der Waals surface area contributed by atoms with Gasteiger partial charge in [0, 0.05) is 33.0 Å². The Kier molecular flexibility index (Phi) is 6.36. The summed E-state index contributed by atoms with van der Waals surface area (Å²) in [6.07, 6.45) is 5.15. The summed E-state index contributed by atoms with van der Waals surface area (Å²) in [5.74, 6) is 2.35. The number of carbonyl (C=O) groups is 1. The normalized spacial score (nSPS) is 15.9. The van der Waals surface area contributed by atoms with Gasteiger partial charge in [-0.25, -0.2) is 4.98 Å². The lowest BCUT2D eigenvalue weighted by Crippen LogP contribution is -2.15. The molecule has 1 unspecified atom stereocenters. The van der Waals surface area contributed by atoms with E-state index in [4.69, 9.17) is 0 Å². The number of nitrogens with one attached hydrogen (secondary N) is 1. The van der Waals surface area contributed by atoms with E-state index >= 15 is 0 Å². The molecule has 1 amide bonds. The van der Waals surface area contributed by atoms with E-state index in [-0.39, 0.29) is 11.7 Å². The molecule has 0 radical (unpaired) electrons.